The van der Waals surface area contributed by atoms with Crippen LogP contribution in [-0.4, -0.2) is 14.5 Å². The van der Waals surface area contributed by atoms with Crippen LogP contribution in [-0.2, 0) is 0 Å². The zero-order valence-corrected chi connectivity index (χ0v) is 27.7. The Kier molecular flexibility index (Phi) is 6.81. The number of hydrogen-bond acceptors (Lipinski definition) is 2. The number of fused-ring (bicyclic) bond motifs is 6. The van der Waals surface area contributed by atoms with Crippen LogP contribution in [0.2, 0.25) is 0 Å². The highest BCUT2D eigenvalue weighted by Crippen LogP contribution is 2.42. The van der Waals surface area contributed by atoms with E-state index in [1.54, 1.807) is 0 Å². The van der Waals surface area contributed by atoms with Gasteiger partial charge in [0, 0.05) is 21.7 Å². The number of hydrogen-bond donors (Lipinski definition) is 0. The third-order valence-corrected chi connectivity index (χ3v) is 10.00. The van der Waals surface area contributed by atoms with E-state index in [-0.39, 0.29) is 0 Å². The number of nitrogens with zero attached hydrogens (tertiary/aromatic N) is 3. The van der Waals surface area contributed by atoms with Crippen molar-refractivity contribution < 1.29 is 0 Å². The molecule has 8 aromatic carbocycles. The third-order valence-electron chi connectivity index (χ3n) is 10.00. The van der Waals surface area contributed by atoms with Gasteiger partial charge in [-0.25, -0.2) is 9.97 Å². The smallest absolute Gasteiger partial charge is 0.235 e. The summed E-state index contributed by atoms with van der Waals surface area (Å²) in [6.45, 7) is 0. The summed E-state index contributed by atoms with van der Waals surface area (Å²) >= 11 is 0. The molecule has 0 spiro atoms. The third kappa shape index (κ3) is 4.90. The molecular weight excluding hydrogens is 619 g/mol. The molecule has 3 nitrogen and oxygen atoms in total. The maximum Gasteiger partial charge on any atom is 0.235 e. The maximum absolute atomic E-state index is 5.49. The molecule has 0 aliphatic carbocycles. The number of aromatic nitrogens is 3. The highest BCUT2D eigenvalue weighted by Gasteiger charge is 2.21. The van der Waals surface area contributed by atoms with Crippen LogP contribution in [0.3, 0.4) is 0 Å². The average Bonchev–Trinajstić information content (AvgIpc) is 3.55. The summed E-state index contributed by atoms with van der Waals surface area (Å²) in [6, 6.07) is 66.8. The summed E-state index contributed by atoms with van der Waals surface area (Å²) in [6.07, 6.45) is 0. The number of rotatable bonds is 5. The summed E-state index contributed by atoms with van der Waals surface area (Å²) in [5.74, 6) is 0.647. The molecule has 0 saturated heterocycles. The molecule has 0 N–H and O–H groups in total. The molecule has 2 aromatic heterocycles. The second-order valence-electron chi connectivity index (χ2n) is 13.0. The predicted octanol–water partition coefficient (Wildman–Crippen LogP) is 12.5. The lowest BCUT2D eigenvalue weighted by Gasteiger charge is -2.14. The van der Waals surface area contributed by atoms with Gasteiger partial charge < -0.3 is 0 Å². The van der Waals surface area contributed by atoms with Gasteiger partial charge in [-0.2, -0.15) is 0 Å². The molecule has 0 saturated carbocycles. The van der Waals surface area contributed by atoms with Crippen LogP contribution < -0.4 is 0 Å². The van der Waals surface area contributed by atoms with Gasteiger partial charge >= 0.3 is 0 Å². The van der Waals surface area contributed by atoms with Crippen molar-refractivity contribution in [2.45, 2.75) is 0 Å². The van der Waals surface area contributed by atoms with Gasteiger partial charge in [-0.05, 0) is 68.4 Å². The molecule has 51 heavy (non-hydrogen) atoms. The van der Waals surface area contributed by atoms with Crippen LogP contribution in [0.5, 0.6) is 0 Å². The van der Waals surface area contributed by atoms with Crippen LogP contribution in [0.4, 0.5) is 0 Å². The zero-order valence-electron chi connectivity index (χ0n) is 27.7. The SMILES string of the molecule is c1ccc(-c2cccc(-c3nc(-n4c5cc(-c6ccccc6)ccc5c5c6ccccc6c(-c6ccccc6)cc54)nc4ccccc34)c2)cc1. The van der Waals surface area contributed by atoms with Crippen LogP contribution in [0.1, 0.15) is 0 Å². The molecule has 0 amide bonds. The Morgan fingerprint density at radius 2 is 0.902 bits per heavy atom. The van der Waals surface area contributed by atoms with Gasteiger partial charge in [0.2, 0.25) is 5.95 Å². The van der Waals surface area contributed by atoms with E-state index >= 15 is 0 Å². The number of para-hydroxylation sites is 1. The summed E-state index contributed by atoms with van der Waals surface area (Å²) in [5.41, 5.74) is 12.0. The minimum absolute atomic E-state index is 0.647. The lowest BCUT2D eigenvalue weighted by molar-refractivity contribution is 1.01. The monoisotopic (exact) mass is 649 g/mol. The van der Waals surface area contributed by atoms with Gasteiger partial charge in [-0.3, -0.25) is 4.57 Å². The number of benzene rings is 8. The second kappa shape index (κ2) is 11.9. The fourth-order valence-electron chi connectivity index (χ4n) is 7.62. The molecule has 0 fully saturated rings. The first-order valence-corrected chi connectivity index (χ1v) is 17.3. The molecule has 0 aliphatic rings. The molecule has 0 atom stereocenters. The lowest BCUT2D eigenvalue weighted by atomic mass is 9.94. The molecule has 0 bridgehead atoms. The Bertz CT molecular complexity index is 2890. The van der Waals surface area contributed by atoms with Gasteiger partial charge in [0.05, 0.1) is 22.2 Å². The lowest BCUT2D eigenvalue weighted by Crippen LogP contribution is -2.04. The Hall–Kier alpha value is -6.84. The van der Waals surface area contributed by atoms with Gasteiger partial charge in [-0.15, -0.1) is 0 Å². The van der Waals surface area contributed by atoms with Crippen LogP contribution in [0.25, 0.3) is 94.1 Å². The Morgan fingerprint density at radius 3 is 1.63 bits per heavy atom. The van der Waals surface area contributed by atoms with E-state index in [4.69, 9.17) is 9.97 Å². The largest absolute Gasteiger partial charge is 0.278 e. The zero-order chi connectivity index (χ0) is 33.7. The first-order chi connectivity index (χ1) is 25.3. The molecule has 0 unspecified atom stereocenters. The first-order valence-electron chi connectivity index (χ1n) is 17.3. The minimum atomic E-state index is 0.647. The summed E-state index contributed by atoms with van der Waals surface area (Å²) < 4.78 is 2.28. The molecule has 0 radical (unpaired) electrons. The average molecular weight is 650 g/mol. The van der Waals surface area contributed by atoms with Crippen molar-refractivity contribution in [3.8, 4) is 50.6 Å². The minimum Gasteiger partial charge on any atom is -0.278 e. The van der Waals surface area contributed by atoms with E-state index in [9.17, 15) is 0 Å². The van der Waals surface area contributed by atoms with E-state index in [2.05, 4.69) is 193 Å². The molecule has 0 aliphatic heterocycles. The molecule has 10 aromatic rings. The van der Waals surface area contributed by atoms with Crippen molar-refractivity contribution in [3.05, 3.63) is 188 Å². The van der Waals surface area contributed by atoms with Crippen molar-refractivity contribution in [1.29, 1.82) is 0 Å². The molecule has 2 heterocycles. The molecule has 238 valence electrons. The van der Waals surface area contributed by atoms with Gasteiger partial charge in [0.15, 0.2) is 0 Å². The van der Waals surface area contributed by atoms with Gasteiger partial charge in [-0.1, -0.05) is 164 Å². The van der Waals surface area contributed by atoms with Crippen molar-refractivity contribution in [2.75, 3.05) is 0 Å². The van der Waals surface area contributed by atoms with Crippen molar-refractivity contribution in [3.63, 3.8) is 0 Å². The maximum atomic E-state index is 5.49. The highest BCUT2D eigenvalue weighted by molar-refractivity contribution is 6.24. The van der Waals surface area contributed by atoms with Crippen molar-refractivity contribution in [1.82, 2.24) is 14.5 Å². The first kappa shape index (κ1) is 29.1. The Morgan fingerprint density at radius 1 is 0.333 bits per heavy atom. The van der Waals surface area contributed by atoms with Crippen molar-refractivity contribution >= 4 is 43.5 Å². The van der Waals surface area contributed by atoms with E-state index in [1.807, 2.05) is 0 Å². The van der Waals surface area contributed by atoms with Gasteiger partial charge in [0.25, 0.3) is 0 Å². The van der Waals surface area contributed by atoms with Crippen molar-refractivity contribution in [2.24, 2.45) is 0 Å². The summed E-state index contributed by atoms with van der Waals surface area (Å²) in [5, 5.41) is 5.82. The van der Waals surface area contributed by atoms with Crippen LogP contribution >= 0.6 is 0 Å². The van der Waals surface area contributed by atoms with Crippen LogP contribution in [0.15, 0.2) is 188 Å². The normalized spacial score (nSPS) is 11.5. The highest BCUT2D eigenvalue weighted by atomic mass is 15.2. The van der Waals surface area contributed by atoms with E-state index < -0.39 is 0 Å². The molecule has 3 heteroatoms. The van der Waals surface area contributed by atoms with Gasteiger partial charge in [0.1, 0.15) is 0 Å². The standard InChI is InChI=1S/C48H31N3/c1-4-15-32(16-5-1)35-21-14-22-37(29-35)47-40-25-12-13-26-43(40)49-48(50-47)51-44-30-36(33-17-6-2-7-18-33)27-28-41(44)46-39-24-11-10-23-38(39)42(31-45(46)51)34-19-8-3-9-20-34/h1-31H. The predicted molar refractivity (Wildman–Crippen MR) is 213 cm³/mol. The topological polar surface area (TPSA) is 30.7 Å². The summed E-state index contributed by atoms with van der Waals surface area (Å²) in [7, 11) is 0. The Labute approximate surface area is 295 Å². The fourth-order valence-corrected chi connectivity index (χ4v) is 7.62. The van der Waals surface area contributed by atoms with E-state index in [1.165, 1.54) is 43.8 Å². The molecular formula is C48H31N3. The van der Waals surface area contributed by atoms with E-state index in [0.717, 1.165) is 44.3 Å². The Balaban J connectivity index is 1.32. The van der Waals surface area contributed by atoms with E-state index in [0.29, 0.717) is 5.95 Å². The molecule has 10 rings (SSSR count). The second-order valence-corrected chi connectivity index (χ2v) is 13.0. The summed E-state index contributed by atoms with van der Waals surface area (Å²) in [4.78, 5) is 10.8. The van der Waals surface area contributed by atoms with Crippen LogP contribution in [0, 0.1) is 0 Å². The fraction of sp³-hybridized carbons (Fsp3) is 0. The quantitative estimate of drug-likeness (QED) is 0.186.